The lowest BCUT2D eigenvalue weighted by atomic mass is 9.84. The molecule has 0 amide bonds. The van der Waals surface area contributed by atoms with Crippen LogP contribution in [-0.2, 0) is 11.8 Å². The van der Waals surface area contributed by atoms with Crippen LogP contribution in [0.1, 0.15) is 37.8 Å². The first-order chi connectivity index (χ1) is 9.01. The zero-order chi connectivity index (χ0) is 14.2. The zero-order valence-corrected chi connectivity index (χ0v) is 12.8. The molecule has 1 aliphatic rings. The molecule has 1 aromatic carbocycles. The fraction of sp³-hybridized carbons (Fsp3) is 0.600. The maximum atomic E-state index is 6.50. The average Bonchev–Trinajstić information content (AvgIpc) is 3.18. The predicted molar refractivity (Wildman–Crippen MR) is 78.5 cm³/mol. The first-order valence-corrected chi connectivity index (χ1v) is 7.09. The van der Waals surface area contributed by atoms with Gasteiger partial charge in [0.15, 0.2) is 11.5 Å². The first kappa shape index (κ1) is 14.5. The largest absolute Gasteiger partial charge is 0.493 e. The van der Waals surface area contributed by atoms with E-state index in [4.69, 9.17) is 26.8 Å². The molecule has 19 heavy (non-hydrogen) atoms. The molecule has 0 bridgehead atoms. The minimum atomic E-state index is 0.0159. The molecule has 1 aromatic rings. The molecule has 1 unspecified atom stereocenters. The van der Waals surface area contributed by atoms with Crippen molar-refractivity contribution in [2.75, 3.05) is 14.2 Å². The van der Waals surface area contributed by atoms with Crippen molar-refractivity contribution in [1.29, 1.82) is 0 Å². The van der Waals surface area contributed by atoms with Crippen molar-refractivity contribution in [3.63, 3.8) is 0 Å². The van der Waals surface area contributed by atoms with E-state index < -0.39 is 0 Å². The van der Waals surface area contributed by atoms with Crippen LogP contribution in [0.5, 0.6) is 11.5 Å². The number of hydrogen-bond donors (Lipinski definition) is 1. The van der Waals surface area contributed by atoms with Gasteiger partial charge in [-0.3, -0.25) is 0 Å². The van der Waals surface area contributed by atoms with Crippen molar-refractivity contribution < 1.29 is 9.47 Å². The lowest BCUT2D eigenvalue weighted by Gasteiger charge is -2.26. The van der Waals surface area contributed by atoms with Crippen LogP contribution in [-0.4, -0.2) is 20.3 Å². The molecular formula is C15H22ClNO2. The molecule has 0 aliphatic heterocycles. The third kappa shape index (κ3) is 2.19. The van der Waals surface area contributed by atoms with E-state index in [1.54, 1.807) is 14.2 Å². The number of nitrogens with two attached hydrogens (primary N) is 1. The summed E-state index contributed by atoms with van der Waals surface area (Å²) in [5.41, 5.74) is 8.49. The smallest absolute Gasteiger partial charge is 0.164 e. The van der Waals surface area contributed by atoms with E-state index in [-0.39, 0.29) is 11.5 Å². The summed E-state index contributed by atoms with van der Waals surface area (Å²) in [5, 5.41) is 0.740. The Labute approximate surface area is 120 Å². The second-order valence-electron chi connectivity index (χ2n) is 5.25. The number of benzene rings is 1. The quantitative estimate of drug-likeness (QED) is 0.902. The number of rotatable bonds is 5. The van der Waals surface area contributed by atoms with E-state index in [1.165, 1.54) is 0 Å². The van der Waals surface area contributed by atoms with E-state index in [1.807, 2.05) is 6.07 Å². The molecule has 2 N–H and O–H groups in total. The van der Waals surface area contributed by atoms with Crippen LogP contribution in [0.15, 0.2) is 6.07 Å². The minimum Gasteiger partial charge on any atom is -0.493 e. The molecule has 0 radical (unpaired) electrons. The van der Waals surface area contributed by atoms with Gasteiger partial charge in [0, 0.05) is 28.1 Å². The Morgan fingerprint density at radius 2 is 2.00 bits per heavy atom. The van der Waals surface area contributed by atoms with Gasteiger partial charge < -0.3 is 15.2 Å². The van der Waals surface area contributed by atoms with Gasteiger partial charge in [0.2, 0.25) is 0 Å². The van der Waals surface area contributed by atoms with E-state index in [0.717, 1.165) is 41.2 Å². The molecule has 4 heteroatoms. The van der Waals surface area contributed by atoms with Gasteiger partial charge in [0.25, 0.3) is 0 Å². The number of ether oxygens (including phenoxy) is 2. The summed E-state index contributed by atoms with van der Waals surface area (Å²) in [4.78, 5) is 0. The molecule has 0 heterocycles. The molecule has 1 saturated carbocycles. The highest BCUT2D eigenvalue weighted by Crippen LogP contribution is 2.56. The molecule has 0 spiro atoms. The Kier molecular flexibility index (Phi) is 3.98. The Hall–Kier alpha value is -0.930. The van der Waals surface area contributed by atoms with Crippen molar-refractivity contribution in [3.05, 3.63) is 22.2 Å². The van der Waals surface area contributed by atoms with Gasteiger partial charge >= 0.3 is 0 Å². The van der Waals surface area contributed by atoms with Gasteiger partial charge in [-0.15, -0.1) is 0 Å². The number of halogens is 1. The topological polar surface area (TPSA) is 44.5 Å². The van der Waals surface area contributed by atoms with Crippen LogP contribution < -0.4 is 15.2 Å². The summed E-state index contributed by atoms with van der Waals surface area (Å²) in [6, 6.07) is 1.94. The summed E-state index contributed by atoms with van der Waals surface area (Å²) in [6.07, 6.45) is 3.03. The normalized spacial score (nSPS) is 18.0. The molecule has 1 fully saturated rings. The third-order valence-electron chi connectivity index (χ3n) is 4.23. The third-order valence-corrected chi connectivity index (χ3v) is 4.53. The second-order valence-corrected chi connectivity index (χ2v) is 5.65. The lowest BCUT2D eigenvalue weighted by Crippen LogP contribution is -2.32. The SMILES string of the molecule is CCc1c(OC)c(OC)cc(Cl)c1C1(C(C)N)CC1. The van der Waals surface area contributed by atoms with Crippen molar-refractivity contribution in [3.8, 4) is 11.5 Å². The standard InChI is InChI=1S/C15H22ClNO2/c1-5-10-13(15(6-7-15)9(2)17)11(16)8-12(18-3)14(10)19-4/h8-9H,5-7,17H2,1-4H3. The van der Waals surface area contributed by atoms with Crippen molar-refractivity contribution >= 4 is 11.6 Å². The molecule has 3 nitrogen and oxygen atoms in total. The maximum Gasteiger partial charge on any atom is 0.164 e. The van der Waals surface area contributed by atoms with E-state index in [9.17, 15) is 0 Å². The second kappa shape index (κ2) is 5.22. The van der Waals surface area contributed by atoms with Crippen molar-refractivity contribution in [2.24, 2.45) is 5.73 Å². The Morgan fingerprint density at radius 3 is 2.37 bits per heavy atom. The molecule has 1 atom stereocenters. The molecule has 2 rings (SSSR count). The van der Waals surface area contributed by atoms with Gasteiger partial charge in [0.05, 0.1) is 14.2 Å². The average molecular weight is 284 g/mol. The predicted octanol–water partition coefficient (Wildman–Crippen LogP) is 3.30. The highest BCUT2D eigenvalue weighted by atomic mass is 35.5. The lowest BCUT2D eigenvalue weighted by molar-refractivity contribution is 0.350. The molecular weight excluding hydrogens is 262 g/mol. The van der Waals surface area contributed by atoms with Gasteiger partial charge in [-0.1, -0.05) is 18.5 Å². The van der Waals surface area contributed by atoms with E-state index >= 15 is 0 Å². The van der Waals surface area contributed by atoms with Crippen molar-refractivity contribution in [2.45, 2.75) is 44.6 Å². The molecule has 1 aliphatic carbocycles. The van der Waals surface area contributed by atoms with E-state index in [2.05, 4.69) is 13.8 Å². The Morgan fingerprint density at radius 1 is 1.37 bits per heavy atom. The summed E-state index contributed by atoms with van der Waals surface area (Å²) >= 11 is 6.50. The minimum absolute atomic E-state index is 0.0159. The van der Waals surface area contributed by atoms with Crippen LogP contribution in [0, 0.1) is 0 Å². The van der Waals surface area contributed by atoms with Gasteiger partial charge in [-0.05, 0) is 31.7 Å². The van der Waals surface area contributed by atoms with Crippen LogP contribution in [0.3, 0.4) is 0 Å². The molecule has 0 aromatic heterocycles. The Balaban J connectivity index is 2.67. The Bertz CT molecular complexity index is 482. The zero-order valence-electron chi connectivity index (χ0n) is 12.0. The van der Waals surface area contributed by atoms with Crippen LogP contribution in [0.4, 0.5) is 0 Å². The highest BCUT2D eigenvalue weighted by molar-refractivity contribution is 6.32. The number of methoxy groups -OCH3 is 2. The number of hydrogen-bond acceptors (Lipinski definition) is 3. The summed E-state index contributed by atoms with van der Waals surface area (Å²) < 4.78 is 10.9. The molecule has 106 valence electrons. The highest BCUT2D eigenvalue weighted by Gasteiger charge is 2.50. The summed E-state index contributed by atoms with van der Waals surface area (Å²) in [6.45, 7) is 4.16. The fourth-order valence-corrected chi connectivity index (χ4v) is 3.38. The monoisotopic (exact) mass is 283 g/mol. The van der Waals surface area contributed by atoms with Gasteiger partial charge in [0.1, 0.15) is 0 Å². The van der Waals surface area contributed by atoms with Crippen LogP contribution in [0.2, 0.25) is 5.02 Å². The maximum absolute atomic E-state index is 6.50. The van der Waals surface area contributed by atoms with Gasteiger partial charge in [-0.2, -0.15) is 0 Å². The van der Waals surface area contributed by atoms with Gasteiger partial charge in [-0.25, -0.2) is 0 Å². The molecule has 0 saturated heterocycles. The summed E-state index contributed by atoms with van der Waals surface area (Å²) in [5.74, 6) is 1.48. The van der Waals surface area contributed by atoms with Crippen LogP contribution in [0.25, 0.3) is 0 Å². The van der Waals surface area contributed by atoms with Crippen LogP contribution >= 0.6 is 11.6 Å². The first-order valence-electron chi connectivity index (χ1n) is 6.71. The summed E-state index contributed by atoms with van der Waals surface area (Å²) in [7, 11) is 3.30. The fourth-order valence-electron chi connectivity index (χ4n) is 2.98. The van der Waals surface area contributed by atoms with E-state index in [0.29, 0.717) is 5.75 Å². The van der Waals surface area contributed by atoms with Crippen molar-refractivity contribution in [1.82, 2.24) is 0 Å².